The van der Waals surface area contributed by atoms with E-state index in [-0.39, 0.29) is 12.1 Å². The Balaban J connectivity index is 2.58. The van der Waals surface area contributed by atoms with Crippen molar-refractivity contribution in [2.75, 3.05) is 0 Å². The molecule has 1 aromatic heterocycles. The number of hydrogen-bond donors (Lipinski definition) is 1. The molecule has 18 heavy (non-hydrogen) atoms. The number of aryl methyl sites for hydroxylation is 1. The van der Waals surface area contributed by atoms with Gasteiger partial charge in [0.25, 0.3) is 0 Å². The number of aliphatic hydroxyl groups is 1. The Morgan fingerprint density at radius 2 is 1.72 bits per heavy atom. The Bertz CT molecular complexity index is 535. The minimum Gasteiger partial charge on any atom is -0.388 e. The van der Waals surface area contributed by atoms with Crippen molar-refractivity contribution in [2.45, 2.75) is 39.8 Å². The zero-order valence-electron chi connectivity index (χ0n) is 11.3. The first-order valence-corrected chi connectivity index (χ1v) is 6.06. The first kappa shape index (κ1) is 12.8. The summed E-state index contributed by atoms with van der Waals surface area (Å²) in [6.45, 7) is 8.18. The SMILES string of the molecule is Cc1ccc(-c2nnc(CO)n2C(C)(C)C)cc1. The van der Waals surface area contributed by atoms with Gasteiger partial charge in [0.15, 0.2) is 11.6 Å². The summed E-state index contributed by atoms with van der Waals surface area (Å²) < 4.78 is 1.98. The van der Waals surface area contributed by atoms with Crippen molar-refractivity contribution in [3.8, 4) is 11.4 Å². The van der Waals surface area contributed by atoms with Crippen LogP contribution in [0.15, 0.2) is 24.3 Å². The number of benzene rings is 1. The lowest BCUT2D eigenvalue weighted by Gasteiger charge is -2.24. The third-order valence-electron chi connectivity index (χ3n) is 2.85. The average Bonchev–Trinajstić information content (AvgIpc) is 2.73. The zero-order valence-corrected chi connectivity index (χ0v) is 11.3. The van der Waals surface area contributed by atoms with Crippen LogP contribution in [0.5, 0.6) is 0 Å². The number of nitrogens with zero attached hydrogens (tertiary/aromatic N) is 3. The molecule has 0 radical (unpaired) electrons. The van der Waals surface area contributed by atoms with E-state index in [0.717, 1.165) is 11.4 Å². The lowest BCUT2D eigenvalue weighted by atomic mass is 10.1. The van der Waals surface area contributed by atoms with Crippen molar-refractivity contribution in [2.24, 2.45) is 0 Å². The molecule has 2 rings (SSSR count). The smallest absolute Gasteiger partial charge is 0.164 e. The molecule has 0 saturated heterocycles. The van der Waals surface area contributed by atoms with Gasteiger partial charge in [-0.1, -0.05) is 29.8 Å². The first-order chi connectivity index (χ1) is 8.43. The zero-order chi connectivity index (χ0) is 13.3. The van der Waals surface area contributed by atoms with Gasteiger partial charge < -0.3 is 9.67 Å². The minimum absolute atomic E-state index is 0.101. The fraction of sp³-hybridized carbons (Fsp3) is 0.429. The topological polar surface area (TPSA) is 50.9 Å². The van der Waals surface area contributed by atoms with Crippen molar-refractivity contribution in [3.63, 3.8) is 0 Å². The van der Waals surface area contributed by atoms with Gasteiger partial charge in [0.1, 0.15) is 6.61 Å². The standard InChI is InChI=1S/C14H19N3O/c1-10-5-7-11(8-6-10)13-16-15-12(9-18)17(13)14(2,3)4/h5-8,18H,9H2,1-4H3. The molecule has 1 heterocycles. The van der Waals surface area contributed by atoms with Crippen LogP contribution in [0.4, 0.5) is 0 Å². The van der Waals surface area contributed by atoms with Gasteiger partial charge in [-0.05, 0) is 27.7 Å². The summed E-state index contributed by atoms with van der Waals surface area (Å²) in [6.07, 6.45) is 0. The number of aliphatic hydroxyl groups excluding tert-OH is 1. The van der Waals surface area contributed by atoms with Gasteiger partial charge in [0.05, 0.1) is 0 Å². The quantitative estimate of drug-likeness (QED) is 0.884. The second-order valence-electron chi connectivity index (χ2n) is 5.47. The van der Waals surface area contributed by atoms with Gasteiger partial charge in [0, 0.05) is 11.1 Å². The average molecular weight is 245 g/mol. The predicted molar refractivity (Wildman–Crippen MR) is 71.1 cm³/mol. The molecule has 2 aromatic rings. The third kappa shape index (κ3) is 2.29. The Morgan fingerprint density at radius 3 is 2.22 bits per heavy atom. The fourth-order valence-electron chi connectivity index (χ4n) is 2.01. The highest BCUT2D eigenvalue weighted by molar-refractivity contribution is 5.56. The molecular formula is C14H19N3O. The van der Waals surface area contributed by atoms with Gasteiger partial charge in [-0.2, -0.15) is 0 Å². The molecule has 0 aliphatic heterocycles. The molecule has 0 aliphatic rings. The maximum absolute atomic E-state index is 9.36. The van der Waals surface area contributed by atoms with Gasteiger partial charge in [-0.3, -0.25) is 0 Å². The predicted octanol–water partition coefficient (Wildman–Crippen LogP) is 2.50. The molecule has 0 bridgehead atoms. The molecule has 0 fully saturated rings. The number of rotatable bonds is 2. The monoisotopic (exact) mass is 245 g/mol. The van der Waals surface area contributed by atoms with Crippen LogP contribution >= 0.6 is 0 Å². The van der Waals surface area contributed by atoms with Crippen LogP contribution < -0.4 is 0 Å². The van der Waals surface area contributed by atoms with Crippen LogP contribution in [0.2, 0.25) is 0 Å². The Kier molecular flexibility index (Phi) is 3.22. The highest BCUT2D eigenvalue weighted by Gasteiger charge is 2.23. The molecule has 1 aromatic carbocycles. The van der Waals surface area contributed by atoms with E-state index >= 15 is 0 Å². The van der Waals surface area contributed by atoms with E-state index in [2.05, 4.69) is 50.0 Å². The highest BCUT2D eigenvalue weighted by atomic mass is 16.3. The summed E-state index contributed by atoms with van der Waals surface area (Å²) in [5.74, 6) is 1.39. The number of aromatic nitrogens is 3. The van der Waals surface area contributed by atoms with E-state index in [9.17, 15) is 5.11 Å². The van der Waals surface area contributed by atoms with Gasteiger partial charge in [-0.25, -0.2) is 0 Å². The Labute approximate surface area is 107 Å². The van der Waals surface area contributed by atoms with E-state index in [0.29, 0.717) is 5.82 Å². The second kappa shape index (κ2) is 4.53. The number of hydrogen-bond acceptors (Lipinski definition) is 3. The lowest BCUT2D eigenvalue weighted by molar-refractivity contribution is 0.250. The van der Waals surface area contributed by atoms with E-state index in [4.69, 9.17) is 0 Å². The van der Waals surface area contributed by atoms with Crippen LogP contribution in [-0.4, -0.2) is 19.9 Å². The summed E-state index contributed by atoms with van der Waals surface area (Å²) in [6, 6.07) is 8.16. The maximum Gasteiger partial charge on any atom is 0.164 e. The molecule has 0 spiro atoms. The minimum atomic E-state index is -0.165. The van der Waals surface area contributed by atoms with Gasteiger partial charge >= 0.3 is 0 Å². The fourth-order valence-corrected chi connectivity index (χ4v) is 2.01. The molecule has 0 aliphatic carbocycles. The van der Waals surface area contributed by atoms with Crippen molar-refractivity contribution < 1.29 is 5.11 Å². The van der Waals surface area contributed by atoms with Crippen LogP contribution in [-0.2, 0) is 12.1 Å². The Morgan fingerprint density at radius 1 is 1.11 bits per heavy atom. The highest BCUT2D eigenvalue weighted by Crippen LogP contribution is 2.26. The third-order valence-corrected chi connectivity index (χ3v) is 2.85. The summed E-state index contributed by atoms with van der Waals surface area (Å²) in [5.41, 5.74) is 2.06. The second-order valence-corrected chi connectivity index (χ2v) is 5.47. The normalized spacial score (nSPS) is 11.8. The molecule has 0 amide bonds. The summed E-state index contributed by atoms with van der Waals surface area (Å²) in [7, 11) is 0. The van der Waals surface area contributed by atoms with E-state index < -0.39 is 0 Å². The van der Waals surface area contributed by atoms with E-state index in [1.54, 1.807) is 0 Å². The van der Waals surface area contributed by atoms with Crippen molar-refractivity contribution in [3.05, 3.63) is 35.7 Å². The summed E-state index contributed by atoms with van der Waals surface area (Å²) >= 11 is 0. The summed E-state index contributed by atoms with van der Waals surface area (Å²) in [5, 5.41) is 17.6. The van der Waals surface area contributed by atoms with Crippen LogP contribution in [0.3, 0.4) is 0 Å². The van der Waals surface area contributed by atoms with Gasteiger partial charge in [0.2, 0.25) is 0 Å². The van der Waals surface area contributed by atoms with Gasteiger partial charge in [-0.15, -0.1) is 10.2 Å². The Hall–Kier alpha value is -1.68. The molecule has 1 N–H and O–H groups in total. The maximum atomic E-state index is 9.36. The molecule has 0 atom stereocenters. The lowest BCUT2D eigenvalue weighted by Crippen LogP contribution is -2.25. The van der Waals surface area contributed by atoms with Crippen LogP contribution in [0.1, 0.15) is 32.2 Å². The van der Waals surface area contributed by atoms with Crippen LogP contribution in [0, 0.1) is 6.92 Å². The van der Waals surface area contributed by atoms with Crippen LogP contribution in [0.25, 0.3) is 11.4 Å². The van der Waals surface area contributed by atoms with E-state index in [1.807, 2.05) is 16.7 Å². The molecule has 4 nitrogen and oxygen atoms in total. The first-order valence-electron chi connectivity index (χ1n) is 6.06. The largest absolute Gasteiger partial charge is 0.388 e. The van der Waals surface area contributed by atoms with E-state index in [1.165, 1.54) is 5.56 Å². The van der Waals surface area contributed by atoms with Crippen molar-refractivity contribution in [1.82, 2.24) is 14.8 Å². The molecule has 96 valence electrons. The summed E-state index contributed by atoms with van der Waals surface area (Å²) in [4.78, 5) is 0. The molecule has 4 heteroatoms. The molecule has 0 unspecified atom stereocenters. The van der Waals surface area contributed by atoms with Crippen molar-refractivity contribution >= 4 is 0 Å². The molecular weight excluding hydrogens is 226 g/mol. The molecule has 0 saturated carbocycles. The van der Waals surface area contributed by atoms with Crippen molar-refractivity contribution in [1.29, 1.82) is 0 Å².